The minimum Gasteiger partial charge on any atom is -0.405 e. The molecule has 0 aromatic heterocycles. The summed E-state index contributed by atoms with van der Waals surface area (Å²) in [5.41, 5.74) is 0.355. The molecule has 0 aliphatic rings. The maximum Gasteiger partial charge on any atom is 0.573 e. The van der Waals surface area contributed by atoms with E-state index in [2.05, 4.69) is 4.74 Å². The highest BCUT2D eigenvalue weighted by atomic mass is 19.4. The van der Waals surface area contributed by atoms with Crippen LogP contribution >= 0.6 is 0 Å². The normalized spacial score (nSPS) is 11.9. The third-order valence-corrected chi connectivity index (χ3v) is 1.88. The van der Waals surface area contributed by atoms with E-state index >= 15 is 0 Å². The first-order valence-electron chi connectivity index (χ1n) is 4.82. The van der Waals surface area contributed by atoms with Crippen molar-refractivity contribution in [3.05, 3.63) is 29.6 Å². The van der Waals surface area contributed by atoms with E-state index in [1.54, 1.807) is 0 Å². The molecule has 0 unspecified atom stereocenters. The van der Waals surface area contributed by atoms with Gasteiger partial charge in [-0.3, -0.25) is 0 Å². The van der Waals surface area contributed by atoms with Gasteiger partial charge in [0, 0.05) is 6.07 Å². The molecule has 0 radical (unpaired) electrons. The fourth-order valence-corrected chi connectivity index (χ4v) is 1.36. The second-order valence-corrected chi connectivity index (χ2v) is 3.90. The zero-order valence-electron chi connectivity index (χ0n) is 8.94. The molecule has 0 spiro atoms. The van der Waals surface area contributed by atoms with Crippen LogP contribution in [-0.4, -0.2) is 6.36 Å². The van der Waals surface area contributed by atoms with E-state index in [4.69, 9.17) is 0 Å². The first kappa shape index (κ1) is 12.8. The van der Waals surface area contributed by atoms with E-state index in [0.717, 1.165) is 12.1 Å². The van der Waals surface area contributed by atoms with Gasteiger partial charge in [-0.25, -0.2) is 4.39 Å². The molecule has 16 heavy (non-hydrogen) atoms. The van der Waals surface area contributed by atoms with Crippen molar-refractivity contribution in [3.8, 4) is 5.75 Å². The monoisotopic (exact) mass is 236 g/mol. The van der Waals surface area contributed by atoms with Crippen LogP contribution in [0.2, 0.25) is 0 Å². The zero-order chi connectivity index (χ0) is 12.3. The van der Waals surface area contributed by atoms with Crippen molar-refractivity contribution in [2.75, 3.05) is 0 Å². The predicted octanol–water partition coefficient (Wildman–Crippen LogP) is 3.92. The molecule has 0 atom stereocenters. The van der Waals surface area contributed by atoms with Gasteiger partial charge in [0.2, 0.25) is 0 Å². The van der Waals surface area contributed by atoms with Gasteiger partial charge in [0.15, 0.2) is 0 Å². The molecule has 1 rings (SSSR count). The number of alkyl halides is 3. The topological polar surface area (TPSA) is 9.23 Å². The Morgan fingerprint density at radius 1 is 1.25 bits per heavy atom. The summed E-state index contributed by atoms with van der Waals surface area (Å²) in [4.78, 5) is 0. The Labute approximate surface area is 91.0 Å². The molecular weight excluding hydrogens is 224 g/mol. The second-order valence-electron chi connectivity index (χ2n) is 3.90. The van der Waals surface area contributed by atoms with E-state index in [1.165, 1.54) is 6.07 Å². The Balaban J connectivity index is 2.98. The third-order valence-electron chi connectivity index (χ3n) is 1.88. The minimum absolute atomic E-state index is 0.168. The van der Waals surface area contributed by atoms with E-state index < -0.39 is 17.9 Å². The first-order valence-corrected chi connectivity index (χ1v) is 4.82. The van der Waals surface area contributed by atoms with Crippen molar-refractivity contribution < 1.29 is 22.3 Å². The minimum atomic E-state index is -4.79. The molecule has 0 N–H and O–H groups in total. The van der Waals surface area contributed by atoms with Crippen LogP contribution in [0, 0.1) is 11.7 Å². The highest BCUT2D eigenvalue weighted by Crippen LogP contribution is 2.28. The Hall–Kier alpha value is -1.26. The molecule has 0 amide bonds. The van der Waals surface area contributed by atoms with Gasteiger partial charge in [0.25, 0.3) is 0 Å². The van der Waals surface area contributed by atoms with Gasteiger partial charge in [-0.2, -0.15) is 0 Å². The van der Waals surface area contributed by atoms with Crippen molar-refractivity contribution in [2.24, 2.45) is 5.92 Å². The molecule has 1 aromatic carbocycles. The lowest BCUT2D eigenvalue weighted by atomic mass is 10.0. The zero-order valence-corrected chi connectivity index (χ0v) is 8.94. The van der Waals surface area contributed by atoms with Gasteiger partial charge in [0.05, 0.1) is 0 Å². The van der Waals surface area contributed by atoms with Gasteiger partial charge < -0.3 is 4.74 Å². The standard InChI is InChI=1S/C11H12F4O/c1-7(2)5-8-3-4-9(12)6-10(8)16-11(13,14)15/h3-4,6-7H,5H2,1-2H3. The Morgan fingerprint density at radius 3 is 2.38 bits per heavy atom. The molecule has 90 valence electrons. The van der Waals surface area contributed by atoms with Gasteiger partial charge in [-0.15, -0.1) is 13.2 Å². The molecular formula is C11H12F4O. The van der Waals surface area contributed by atoms with Crippen molar-refractivity contribution in [2.45, 2.75) is 26.6 Å². The molecule has 5 heteroatoms. The quantitative estimate of drug-likeness (QED) is 0.722. The molecule has 0 saturated heterocycles. The van der Waals surface area contributed by atoms with Crippen molar-refractivity contribution in [3.63, 3.8) is 0 Å². The molecule has 0 saturated carbocycles. The molecule has 0 aliphatic heterocycles. The first-order chi connectivity index (χ1) is 7.28. The summed E-state index contributed by atoms with van der Waals surface area (Å²) in [5, 5.41) is 0. The Kier molecular flexibility index (Phi) is 3.78. The molecule has 0 heterocycles. The summed E-state index contributed by atoms with van der Waals surface area (Å²) >= 11 is 0. The smallest absolute Gasteiger partial charge is 0.405 e. The fraction of sp³-hybridized carbons (Fsp3) is 0.455. The number of ether oxygens (including phenoxy) is 1. The highest BCUT2D eigenvalue weighted by molar-refractivity contribution is 5.34. The average molecular weight is 236 g/mol. The van der Waals surface area contributed by atoms with Crippen LogP contribution in [0.25, 0.3) is 0 Å². The SMILES string of the molecule is CC(C)Cc1ccc(F)cc1OC(F)(F)F. The fourth-order valence-electron chi connectivity index (χ4n) is 1.36. The van der Waals surface area contributed by atoms with Gasteiger partial charge in [-0.05, 0) is 24.0 Å². The largest absolute Gasteiger partial charge is 0.573 e. The van der Waals surface area contributed by atoms with Crippen molar-refractivity contribution in [1.82, 2.24) is 0 Å². The Bertz CT molecular complexity index is 357. The Morgan fingerprint density at radius 2 is 1.88 bits per heavy atom. The number of hydrogen-bond acceptors (Lipinski definition) is 1. The van der Waals surface area contributed by atoms with Crippen LogP contribution in [0.3, 0.4) is 0 Å². The number of benzene rings is 1. The average Bonchev–Trinajstić information content (AvgIpc) is 2.06. The van der Waals surface area contributed by atoms with E-state index in [0.29, 0.717) is 12.0 Å². The third kappa shape index (κ3) is 4.08. The van der Waals surface area contributed by atoms with Crippen molar-refractivity contribution >= 4 is 0 Å². The molecule has 0 aliphatic carbocycles. The number of halogens is 4. The summed E-state index contributed by atoms with van der Waals surface area (Å²) in [6.45, 7) is 3.72. The van der Waals surface area contributed by atoms with Gasteiger partial charge in [0.1, 0.15) is 11.6 Å². The summed E-state index contributed by atoms with van der Waals surface area (Å²) < 4.78 is 52.7. The van der Waals surface area contributed by atoms with Crippen molar-refractivity contribution in [1.29, 1.82) is 0 Å². The summed E-state index contributed by atoms with van der Waals surface area (Å²) in [6, 6.07) is 3.20. The molecule has 1 nitrogen and oxygen atoms in total. The summed E-state index contributed by atoms with van der Waals surface area (Å²) in [5.74, 6) is -1.03. The van der Waals surface area contributed by atoms with Crippen LogP contribution in [0.5, 0.6) is 5.75 Å². The summed E-state index contributed by atoms with van der Waals surface area (Å²) in [7, 11) is 0. The predicted molar refractivity (Wildman–Crippen MR) is 51.6 cm³/mol. The highest BCUT2D eigenvalue weighted by Gasteiger charge is 2.32. The summed E-state index contributed by atoms with van der Waals surface area (Å²) in [6.07, 6.45) is -4.38. The maximum absolute atomic E-state index is 12.8. The lowest BCUT2D eigenvalue weighted by molar-refractivity contribution is -0.275. The number of rotatable bonds is 3. The van der Waals surface area contributed by atoms with Crippen LogP contribution in [-0.2, 0) is 6.42 Å². The van der Waals surface area contributed by atoms with Crippen LogP contribution in [0.4, 0.5) is 17.6 Å². The van der Waals surface area contributed by atoms with E-state index in [9.17, 15) is 17.6 Å². The van der Waals surface area contributed by atoms with Crippen LogP contribution < -0.4 is 4.74 Å². The maximum atomic E-state index is 12.8. The number of hydrogen-bond donors (Lipinski definition) is 0. The lowest BCUT2D eigenvalue weighted by Gasteiger charge is -2.14. The lowest BCUT2D eigenvalue weighted by Crippen LogP contribution is -2.18. The van der Waals surface area contributed by atoms with Gasteiger partial charge in [-0.1, -0.05) is 19.9 Å². The van der Waals surface area contributed by atoms with E-state index in [1.807, 2.05) is 13.8 Å². The van der Waals surface area contributed by atoms with E-state index in [-0.39, 0.29) is 5.92 Å². The molecule has 0 fully saturated rings. The second kappa shape index (κ2) is 4.72. The molecule has 0 bridgehead atoms. The van der Waals surface area contributed by atoms with Crippen LogP contribution in [0.15, 0.2) is 18.2 Å². The van der Waals surface area contributed by atoms with Crippen LogP contribution in [0.1, 0.15) is 19.4 Å². The van der Waals surface area contributed by atoms with Gasteiger partial charge >= 0.3 is 6.36 Å². The molecule has 1 aromatic rings.